The zero-order chi connectivity index (χ0) is 17.9. The minimum Gasteiger partial charge on any atom is -0.472 e. The first-order chi connectivity index (χ1) is 12.2. The van der Waals surface area contributed by atoms with Crippen LogP contribution in [0.15, 0.2) is 23.2 Å². The van der Waals surface area contributed by atoms with Crippen LogP contribution in [0.5, 0.6) is 5.88 Å². The molecule has 0 bridgehead atoms. The molecule has 0 atom stereocenters. The zero-order valence-corrected chi connectivity index (χ0v) is 17.1. The molecule has 0 amide bonds. The first-order valence-corrected chi connectivity index (χ1v) is 8.29. The molecular formula is C16H26F2IN5O2. The highest BCUT2D eigenvalue weighted by atomic mass is 127. The van der Waals surface area contributed by atoms with E-state index in [1.165, 1.54) is 0 Å². The fourth-order valence-electron chi connectivity index (χ4n) is 2.34. The second-order valence-electron chi connectivity index (χ2n) is 5.48. The standard InChI is InChI=1S/C16H25F2N5O2.HI/c1-19-16(20-5-6-23-7-9-24-10-8-23)21-11-13-3-2-4-15(22-13)25-12-14(17)18;/h2-4,14H,5-12H2,1H3,(H2,19,20,21);1H. The van der Waals surface area contributed by atoms with Gasteiger partial charge in [0, 0.05) is 39.3 Å². The number of hydrogen-bond acceptors (Lipinski definition) is 5. The average molecular weight is 485 g/mol. The number of nitrogens with one attached hydrogen (secondary N) is 2. The third kappa shape index (κ3) is 8.90. The Bertz CT molecular complexity index is 545. The highest BCUT2D eigenvalue weighted by Crippen LogP contribution is 2.08. The number of morpholine rings is 1. The van der Waals surface area contributed by atoms with Crippen molar-refractivity contribution in [2.75, 3.05) is 53.0 Å². The van der Waals surface area contributed by atoms with Gasteiger partial charge in [0.2, 0.25) is 5.88 Å². The summed E-state index contributed by atoms with van der Waals surface area (Å²) in [6.45, 7) is 4.90. The van der Waals surface area contributed by atoms with Gasteiger partial charge in [-0.2, -0.15) is 0 Å². The van der Waals surface area contributed by atoms with Crippen LogP contribution in [-0.4, -0.2) is 75.3 Å². The number of nitrogens with zero attached hydrogens (tertiary/aromatic N) is 3. The van der Waals surface area contributed by atoms with E-state index in [9.17, 15) is 8.78 Å². The topological polar surface area (TPSA) is 71.0 Å². The molecule has 1 saturated heterocycles. The van der Waals surface area contributed by atoms with Crippen molar-refractivity contribution in [2.45, 2.75) is 13.0 Å². The molecule has 148 valence electrons. The normalized spacial score (nSPS) is 15.5. The van der Waals surface area contributed by atoms with Gasteiger partial charge in [0.15, 0.2) is 12.6 Å². The smallest absolute Gasteiger partial charge is 0.272 e. The zero-order valence-electron chi connectivity index (χ0n) is 14.8. The molecule has 0 spiro atoms. The Morgan fingerprint density at radius 1 is 1.35 bits per heavy atom. The maximum atomic E-state index is 12.2. The SMILES string of the molecule is CN=C(NCCN1CCOCC1)NCc1cccc(OCC(F)F)n1.I. The second-order valence-corrected chi connectivity index (χ2v) is 5.48. The van der Waals surface area contributed by atoms with E-state index in [0.29, 0.717) is 18.2 Å². The van der Waals surface area contributed by atoms with E-state index in [1.807, 2.05) is 0 Å². The Hall–Kier alpha value is -1.27. The van der Waals surface area contributed by atoms with Crippen molar-refractivity contribution in [3.05, 3.63) is 23.9 Å². The second kappa shape index (κ2) is 13.0. The third-order valence-electron chi connectivity index (χ3n) is 3.62. The van der Waals surface area contributed by atoms with Crippen molar-refractivity contribution >= 4 is 29.9 Å². The number of aromatic nitrogens is 1. The first-order valence-electron chi connectivity index (χ1n) is 8.29. The van der Waals surface area contributed by atoms with E-state index in [-0.39, 0.29) is 29.9 Å². The number of halogens is 3. The fraction of sp³-hybridized carbons (Fsp3) is 0.625. The van der Waals surface area contributed by atoms with Crippen LogP contribution in [0.4, 0.5) is 8.78 Å². The molecule has 1 aliphatic rings. The monoisotopic (exact) mass is 485 g/mol. The maximum absolute atomic E-state index is 12.2. The van der Waals surface area contributed by atoms with Crippen LogP contribution in [0.25, 0.3) is 0 Å². The number of alkyl halides is 2. The molecule has 26 heavy (non-hydrogen) atoms. The van der Waals surface area contributed by atoms with Gasteiger partial charge in [-0.05, 0) is 6.07 Å². The molecule has 0 saturated carbocycles. The van der Waals surface area contributed by atoms with E-state index in [1.54, 1.807) is 25.2 Å². The van der Waals surface area contributed by atoms with E-state index < -0.39 is 13.0 Å². The highest BCUT2D eigenvalue weighted by Gasteiger charge is 2.10. The van der Waals surface area contributed by atoms with Gasteiger partial charge in [-0.15, -0.1) is 24.0 Å². The predicted octanol–water partition coefficient (Wildman–Crippen LogP) is 1.34. The molecule has 10 heteroatoms. The van der Waals surface area contributed by atoms with Crippen LogP contribution in [0, 0.1) is 0 Å². The Labute approximate surface area is 169 Å². The van der Waals surface area contributed by atoms with Gasteiger partial charge < -0.3 is 20.1 Å². The molecule has 0 aromatic carbocycles. The van der Waals surface area contributed by atoms with Gasteiger partial charge in [0.1, 0.15) is 0 Å². The lowest BCUT2D eigenvalue weighted by atomic mass is 10.3. The molecule has 2 heterocycles. The molecule has 2 N–H and O–H groups in total. The fourth-order valence-corrected chi connectivity index (χ4v) is 2.34. The summed E-state index contributed by atoms with van der Waals surface area (Å²) >= 11 is 0. The lowest BCUT2D eigenvalue weighted by Crippen LogP contribution is -2.44. The number of rotatable bonds is 8. The molecule has 2 rings (SSSR count). The van der Waals surface area contributed by atoms with Crippen LogP contribution in [-0.2, 0) is 11.3 Å². The van der Waals surface area contributed by atoms with Crippen LogP contribution >= 0.6 is 24.0 Å². The summed E-state index contributed by atoms with van der Waals surface area (Å²) in [4.78, 5) is 10.7. The number of aliphatic imine (C=N–C) groups is 1. The Morgan fingerprint density at radius 3 is 2.81 bits per heavy atom. The molecule has 0 aliphatic carbocycles. The van der Waals surface area contributed by atoms with Gasteiger partial charge in [0.05, 0.1) is 25.5 Å². The van der Waals surface area contributed by atoms with Gasteiger partial charge in [-0.25, -0.2) is 13.8 Å². The summed E-state index contributed by atoms with van der Waals surface area (Å²) in [5.74, 6) is 0.851. The highest BCUT2D eigenvalue weighted by molar-refractivity contribution is 14.0. The quantitative estimate of drug-likeness (QED) is 0.329. The third-order valence-corrected chi connectivity index (χ3v) is 3.62. The molecule has 0 unspecified atom stereocenters. The van der Waals surface area contributed by atoms with Crippen molar-refractivity contribution in [1.29, 1.82) is 0 Å². The van der Waals surface area contributed by atoms with Crippen molar-refractivity contribution in [3.8, 4) is 5.88 Å². The average Bonchev–Trinajstić information content (AvgIpc) is 2.64. The van der Waals surface area contributed by atoms with E-state index >= 15 is 0 Å². The minimum atomic E-state index is -2.52. The van der Waals surface area contributed by atoms with Crippen LogP contribution in [0.2, 0.25) is 0 Å². The number of ether oxygens (including phenoxy) is 2. The van der Waals surface area contributed by atoms with Crippen LogP contribution in [0.1, 0.15) is 5.69 Å². The van der Waals surface area contributed by atoms with Crippen molar-refractivity contribution in [2.24, 2.45) is 4.99 Å². The van der Waals surface area contributed by atoms with E-state index in [4.69, 9.17) is 9.47 Å². The Balaban J connectivity index is 0.00000338. The molecule has 7 nitrogen and oxygen atoms in total. The first kappa shape index (κ1) is 22.8. The van der Waals surface area contributed by atoms with Crippen molar-refractivity contribution in [1.82, 2.24) is 20.5 Å². The van der Waals surface area contributed by atoms with Gasteiger partial charge in [-0.3, -0.25) is 9.89 Å². The molecule has 0 radical (unpaired) electrons. The van der Waals surface area contributed by atoms with Crippen LogP contribution in [0.3, 0.4) is 0 Å². The summed E-state index contributed by atoms with van der Waals surface area (Å²) in [6.07, 6.45) is -2.52. The Kier molecular flexibility index (Phi) is 11.4. The van der Waals surface area contributed by atoms with Crippen LogP contribution < -0.4 is 15.4 Å². The summed E-state index contributed by atoms with van der Waals surface area (Å²) in [6, 6.07) is 5.07. The molecule has 1 aromatic heterocycles. The van der Waals surface area contributed by atoms with Crippen molar-refractivity contribution < 1.29 is 18.3 Å². The summed E-state index contributed by atoms with van der Waals surface area (Å²) in [5.41, 5.74) is 0.683. The molecule has 1 aromatic rings. The van der Waals surface area contributed by atoms with E-state index in [0.717, 1.165) is 39.4 Å². The predicted molar refractivity (Wildman–Crippen MR) is 107 cm³/mol. The lowest BCUT2D eigenvalue weighted by molar-refractivity contribution is 0.0389. The molecule has 1 fully saturated rings. The molecule has 1 aliphatic heterocycles. The van der Waals surface area contributed by atoms with Gasteiger partial charge >= 0.3 is 0 Å². The van der Waals surface area contributed by atoms with Gasteiger partial charge in [-0.1, -0.05) is 6.07 Å². The largest absolute Gasteiger partial charge is 0.472 e. The summed E-state index contributed by atoms with van der Waals surface area (Å²) in [7, 11) is 1.69. The number of hydrogen-bond donors (Lipinski definition) is 2. The number of guanidine groups is 1. The summed E-state index contributed by atoms with van der Waals surface area (Å²) in [5, 5.41) is 6.38. The summed E-state index contributed by atoms with van der Waals surface area (Å²) < 4.78 is 34.6. The number of pyridine rings is 1. The lowest BCUT2D eigenvalue weighted by Gasteiger charge is -2.26. The minimum absolute atomic E-state index is 0. The maximum Gasteiger partial charge on any atom is 0.272 e. The van der Waals surface area contributed by atoms with Crippen molar-refractivity contribution in [3.63, 3.8) is 0 Å². The van der Waals surface area contributed by atoms with Gasteiger partial charge in [0.25, 0.3) is 6.43 Å². The molecular weight excluding hydrogens is 459 g/mol. The van der Waals surface area contributed by atoms with E-state index in [2.05, 4.69) is 25.5 Å². The Morgan fingerprint density at radius 2 is 2.12 bits per heavy atom.